The van der Waals surface area contributed by atoms with E-state index in [0.717, 1.165) is 0 Å². The van der Waals surface area contributed by atoms with Crippen molar-refractivity contribution in [3.05, 3.63) is 29.3 Å². The van der Waals surface area contributed by atoms with E-state index in [4.69, 9.17) is 16.7 Å². The fraction of sp³-hybridized carbons (Fsp3) is 0.364. The number of aliphatic hydroxyl groups excluding tert-OH is 1. The molecule has 1 aromatic rings. The number of benzene rings is 1. The Bertz CT molecular complexity index is 340. The van der Waals surface area contributed by atoms with Crippen molar-refractivity contribution in [2.45, 2.75) is 6.92 Å². The molecule has 0 saturated carbocycles. The molecule has 2 amide bonds. The minimum absolute atomic E-state index is 0.0398. The number of amides is 2. The zero-order valence-electron chi connectivity index (χ0n) is 9.11. The molecular formula is C11H15ClN2O2. The van der Waals surface area contributed by atoms with E-state index in [1.807, 2.05) is 6.92 Å². The molecule has 0 aliphatic carbocycles. The van der Waals surface area contributed by atoms with Crippen molar-refractivity contribution < 1.29 is 9.90 Å². The lowest BCUT2D eigenvalue weighted by molar-refractivity contribution is 0.192. The van der Waals surface area contributed by atoms with E-state index in [-0.39, 0.29) is 12.6 Å². The van der Waals surface area contributed by atoms with Gasteiger partial charge in [-0.15, -0.1) is 0 Å². The van der Waals surface area contributed by atoms with Crippen LogP contribution in [0.4, 0.5) is 10.5 Å². The van der Waals surface area contributed by atoms with Gasteiger partial charge < -0.3 is 15.3 Å². The third kappa shape index (κ3) is 3.72. The minimum Gasteiger partial charge on any atom is -0.395 e. The number of halogens is 1. The lowest BCUT2D eigenvalue weighted by atomic mass is 10.3. The molecule has 0 aromatic heterocycles. The highest BCUT2D eigenvalue weighted by Crippen LogP contribution is 2.13. The summed E-state index contributed by atoms with van der Waals surface area (Å²) in [6, 6.07) is 6.65. The Morgan fingerprint density at radius 3 is 2.56 bits per heavy atom. The van der Waals surface area contributed by atoms with Gasteiger partial charge in [0.1, 0.15) is 0 Å². The maximum atomic E-state index is 11.7. The SMILES string of the molecule is CCN(CCO)C(=O)Nc1ccc(Cl)cc1. The van der Waals surface area contributed by atoms with Crippen molar-refractivity contribution in [1.29, 1.82) is 0 Å². The number of nitrogens with one attached hydrogen (secondary N) is 1. The number of carbonyl (C=O) groups is 1. The number of rotatable bonds is 4. The first-order chi connectivity index (χ1) is 7.67. The van der Waals surface area contributed by atoms with Gasteiger partial charge in [0.05, 0.1) is 6.61 Å². The normalized spacial score (nSPS) is 9.94. The molecule has 0 bridgehead atoms. The zero-order valence-corrected chi connectivity index (χ0v) is 9.87. The maximum Gasteiger partial charge on any atom is 0.321 e. The van der Waals surface area contributed by atoms with Gasteiger partial charge in [0.25, 0.3) is 0 Å². The number of nitrogens with zero attached hydrogens (tertiary/aromatic N) is 1. The van der Waals surface area contributed by atoms with Crippen LogP contribution >= 0.6 is 11.6 Å². The quantitative estimate of drug-likeness (QED) is 0.850. The largest absolute Gasteiger partial charge is 0.395 e. The van der Waals surface area contributed by atoms with Gasteiger partial charge in [-0.1, -0.05) is 11.6 Å². The molecule has 0 radical (unpaired) electrons. The first kappa shape index (κ1) is 12.8. The average molecular weight is 243 g/mol. The molecule has 0 unspecified atom stereocenters. The number of carbonyl (C=O) groups excluding carboxylic acids is 1. The van der Waals surface area contributed by atoms with E-state index in [0.29, 0.717) is 23.8 Å². The Morgan fingerprint density at radius 2 is 2.06 bits per heavy atom. The van der Waals surface area contributed by atoms with Gasteiger partial charge in [0.15, 0.2) is 0 Å². The average Bonchev–Trinajstić information content (AvgIpc) is 2.29. The number of hydrogen-bond donors (Lipinski definition) is 2. The van der Waals surface area contributed by atoms with Crippen LogP contribution in [0.25, 0.3) is 0 Å². The standard InChI is InChI=1S/C11H15ClN2O2/c1-2-14(7-8-15)11(16)13-10-5-3-9(12)4-6-10/h3-6,15H,2,7-8H2,1H3,(H,13,16). The molecule has 0 aliphatic rings. The van der Waals surface area contributed by atoms with Crippen LogP contribution in [0.2, 0.25) is 5.02 Å². The van der Waals surface area contributed by atoms with E-state index >= 15 is 0 Å². The lowest BCUT2D eigenvalue weighted by Gasteiger charge is -2.20. The van der Waals surface area contributed by atoms with E-state index in [2.05, 4.69) is 5.32 Å². The number of likely N-dealkylation sites (N-methyl/N-ethyl adjacent to an activating group) is 1. The van der Waals surface area contributed by atoms with Gasteiger partial charge in [-0.2, -0.15) is 0 Å². The van der Waals surface area contributed by atoms with Crippen molar-refractivity contribution in [2.75, 3.05) is 25.0 Å². The first-order valence-electron chi connectivity index (χ1n) is 5.09. The van der Waals surface area contributed by atoms with Crippen LogP contribution < -0.4 is 5.32 Å². The Morgan fingerprint density at radius 1 is 1.44 bits per heavy atom. The second-order valence-electron chi connectivity index (χ2n) is 3.24. The van der Waals surface area contributed by atoms with E-state index in [9.17, 15) is 4.79 Å². The molecule has 0 heterocycles. The van der Waals surface area contributed by atoms with Crippen LogP contribution in [0.15, 0.2) is 24.3 Å². The van der Waals surface area contributed by atoms with Crippen LogP contribution in [0.3, 0.4) is 0 Å². The first-order valence-corrected chi connectivity index (χ1v) is 5.47. The van der Waals surface area contributed by atoms with Crippen LogP contribution in [-0.2, 0) is 0 Å². The summed E-state index contributed by atoms with van der Waals surface area (Å²) in [5, 5.41) is 12.1. The fourth-order valence-electron chi connectivity index (χ4n) is 1.26. The van der Waals surface area contributed by atoms with Crippen LogP contribution in [0.5, 0.6) is 0 Å². The van der Waals surface area contributed by atoms with E-state index in [1.54, 1.807) is 24.3 Å². The van der Waals surface area contributed by atoms with Gasteiger partial charge in [0.2, 0.25) is 0 Å². The Kier molecular flexibility index (Phi) is 5.08. The molecule has 0 aliphatic heterocycles. The summed E-state index contributed by atoms with van der Waals surface area (Å²) in [5.41, 5.74) is 0.686. The molecule has 5 heteroatoms. The monoisotopic (exact) mass is 242 g/mol. The van der Waals surface area contributed by atoms with Gasteiger partial charge in [-0.3, -0.25) is 0 Å². The van der Waals surface area contributed by atoms with Gasteiger partial charge >= 0.3 is 6.03 Å². The summed E-state index contributed by atoms with van der Waals surface area (Å²) in [6.45, 7) is 2.70. The molecule has 0 fully saturated rings. The molecular weight excluding hydrogens is 228 g/mol. The highest BCUT2D eigenvalue weighted by Gasteiger charge is 2.10. The fourth-order valence-corrected chi connectivity index (χ4v) is 1.39. The van der Waals surface area contributed by atoms with Crippen molar-refractivity contribution in [2.24, 2.45) is 0 Å². The smallest absolute Gasteiger partial charge is 0.321 e. The van der Waals surface area contributed by atoms with Gasteiger partial charge in [-0.25, -0.2) is 4.79 Å². The summed E-state index contributed by atoms with van der Waals surface area (Å²) in [5.74, 6) is 0. The molecule has 1 rings (SSSR count). The van der Waals surface area contributed by atoms with Crippen LogP contribution in [0.1, 0.15) is 6.92 Å². The Balaban J connectivity index is 2.59. The summed E-state index contributed by atoms with van der Waals surface area (Å²) in [6.07, 6.45) is 0. The summed E-state index contributed by atoms with van der Waals surface area (Å²) in [4.78, 5) is 13.2. The van der Waals surface area contributed by atoms with Crippen molar-refractivity contribution in [1.82, 2.24) is 4.90 Å². The van der Waals surface area contributed by atoms with E-state index in [1.165, 1.54) is 4.90 Å². The molecule has 0 spiro atoms. The van der Waals surface area contributed by atoms with E-state index < -0.39 is 0 Å². The molecule has 0 saturated heterocycles. The third-order valence-corrected chi connectivity index (χ3v) is 2.39. The molecule has 88 valence electrons. The van der Waals surface area contributed by atoms with Crippen molar-refractivity contribution in [3.63, 3.8) is 0 Å². The second kappa shape index (κ2) is 6.35. The third-order valence-electron chi connectivity index (χ3n) is 2.13. The molecule has 1 aromatic carbocycles. The minimum atomic E-state index is -0.223. The zero-order chi connectivity index (χ0) is 12.0. The van der Waals surface area contributed by atoms with Crippen LogP contribution in [0, 0.1) is 0 Å². The molecule has 4 nitrogen and oxygen atoms in total. The van der Waals surface area contributed by atoms with Gasteiger partial charge in [0, 0.05) is 23.8 Å². The number of hydrogen-bond acceptors (Lipinski definition) is 2. The summed E-state index contributed by atoms with van der Waals surface area (Å²) in [7, 11) is 0. The number of aliphatic hydroxyl groups is 1. The topological polar surface area (TPSA) is 52.6 Å². The van der Waals surface area contributed by atoms with Gasteiger partial charge in [-0.05, 0) is 31.2 Å². The van der Waals surface area contributed by atoms with Crippen molar-refractivity contribution >= 4 is 23.3 Å². The highest BCUT2D eigenvalue weighted by molar-refractivity contribution is 6.30. The predicted octanol–water partition coefficient (Wildman–Crippen LogP) is 2.19. The summed E-state index contributed by atoms with van der Waals surface area (Å²) < 4.78 is 0. The number of urea groups is 1. The van der Waals surface area contributed by atoms with Crippen LogP contribution in [-0.4, -0.2) is 35.7 Å². The Hall–Kier alpha value is -1.26. The number of anilines is 1. The van der Waals surface area contributed by atoms with Crippen molar-refractivity contribution in [3.8, 4) is 0 Å². The predicted molar refractivity (Wildman–Crippen MR) is 64.8 cm³/mol. The summed E-state index contributed by atoms with van der Waals surface area (Å²) >= 11 is 5.73. The molecule has 2 N–H and O–H groups in total. The Labute approximate surface area is 99.8 Å². The lowest BCUT2D eigenvalue weighted by Crippen LogP contribution is -2.36. The molecule has 0 atom stereocenters. The highest BCUT2D eigenvalue weighted by atomic mass is 35.5. The molecule has 16 heavy (non-hydrogen) atoms. The second-order valence-corrected chi connectivity index (χ2v) is 3.68. The maximum absolute atomic E-state index is 11.7.